The smallest absolute Gasteiger partial charge is 0.166 e. The van der Waals surface area contributed by atoms with Gasteiger partial charge in [-0.25, -0.2) is 0 Å². The molecule has 3 heteroatoms. The lowest BCUT2D eigenvalue weighted by Crippen LogP contribution is -2.32. The van der Waals surface area contributed by atoms with E-state index in [-0.39, 0.29) is 0 Å². The predicted octanol–water partition coefficient (Wildman–Crippen LogP) is 1.65. The predicted molar refractivity (Wildman–Crippen MR) is 48.9 cm³/mol. The number of carbonyl (C=O) groups is 1. The zero-order valence-corrected chi connectivity index (χ0v) is 7.64. The Bertz CT molecular complexity index is 300. The minimum absolute atomic E-state index is 0.381. The molecule has 1 aliphatic rings. The molecule has 3 nitrogen and oxygen atoms in total. The van der Waals surface area contributed by atoms with Gasteiger partial charge in [-0.2, -0.15) is 0 Å². The Labute approximate surface area is 77.3 Å². The third kappa shape index (κ3) is 1.40. The van der Waals surface area contributed by atoms with Crippen molar-refractivity contribution < 1.29 is 9.53 Å². The summed E-state index contributed by atoms with van der Waals surface area (Å²) in [6.45, 7) is 0. The van der Waals surface area contributed by atoms with Crippen molar-refractivity contribution >= 4 is 6.29 Å². The van der Waals surface area contributed by atoms with Crippen molar-refractivity contribution in [3.63, 3.8) is 0 Å². The first-order chi connectivity index (χ1) is 6.35. The molecule has 1 aromatic rings. The molecular formula is C10H13NO2. The number of aromatic nitrogens is 1. The van der Waals surface area contributed by atoms with Crippen LogP contribution in [-0.4, -0.2) is 24.1 Å². The second kappa shape index (κ2) is 3.34. The van der Waals surface area contributed by atoms with Crippen molar-refractivity contribution in [3.8, 4) is 0 Å². The Morgan fingerprint density at radius 2 is 2.38 bits per heavy atom. The summed E-state index contributed by atoms with van der Waals surface area (Å²) in [6.07, 6.45) is 5.28. The van der Waals surface area contributed by atoms with Crippen molar-refractivity contribution in [1.29, 1.82) is 0 Å². The van der Waals surface area contributed by atoms with Crippen molar-refractivity contribution in [2.75, 3.05) is 7.11 Å². The Balaban J connectivity index is 2.06. The molecule has 13 heavy (non-hydrogen) atoms. The average Bonchev–Trinajstić information content (AvgIpc) is 2.50. The molecule has 1 heterocycles. The molecule has 0 amide bonds. The van der Waals surface area contributed by atoms with Crippen LogP contribution in [0, 0.1) is 0 Å². The molecule has 0 radical (unpaired) electrons. The van der Waals surface area contributed by atoms with E-state index in [2.05, 4.69) is 0 Å². The van der Waals surface area contributed by atoms with Crippen LogP contribution in [0.2, 0.25) is 0 Å². The molecule has 0 N–H and O–H groups in total. The molecule has 0 saturated heterocycles. The number of nitrogens with zero attached hydrogens (tertiary/aromatic N) is 1. The molecule has 0 unspecified atom stereocenters. The molecule has 1 aromatic heterocycles. The molecule has 1 saturated carbocycles. The van der Waals surface area contributed by atoms with Gasteiger partial charge in [0.2, 0.25) is 0 Å². The highest BCUT2D eigenvalue weighted by molar-refractivity contribution is 5.72. The van der Waals surface area contributed by atoms with E-state index in [4.69, 9.17) is 4.74 Å². The van der Waals surface area contributed by atoms with Crippen LogP contribution in [0.3, 0.4) is 0 Å². The van der Waals surface area contributed by atoms with Gasteiger partial charge < -0.3 is 9.30 Å². The summed E-state index contributed by atoms with van der Waals surface area (Å²) in [5.41, 5.74) is 0.763. The molecule has 0 spiro atoms. The summed E-state index contributed by atoms with van der Waals surface area (Å²) in [7, 11) is 1.73. The molecule has 70 valence electrons. The van der Waals surface area contributed by atoms with Crippen LogP contribution in [0.4, 0.5) is 0 Å². The summed E-state index contributed by atoms with van der Waals surface area (Å²) < 4.78 is 7.22. The van der Waals surface area contributed by atoms with E-state index in [1.54, 1.807) is 7.11 Å². The van der Waals surface area contributed by atoms with E-state index in [1.165, 1.54) is 0 Å². The molecule has 0 aliphatic heterocycles. The van der Waals surface area contributed by atoms with Crippen LogP contribution < -0.4 is 0 Å². The number of ether oxygens (including phenoxy) is 1. The zero-order chi connectivity index (χ0) is 9.26. The van der Waals surface area contributed by atoms with E-state index < -0.39 is 0 Å². The number of carbonyl (C=O) groups excluding carboxylic acids is 1. The van der Waals surface area contributed by atoms with Gasteiger partial charge >= 0.3 is 0 Å². The third-order valence-electron chi connectivity index (χ3n) is 2.73. The lowest BCUT2D eigenvalue weighted by molar-refractivity contribution is 0.00582. The molecule has 1 fully saturated rings. The maximum Gasteiger partial charge on any atom is 0.166 e. The molecular weight excluding hydrogens is 166 g/mol. The number of hydrogen-bond donors (Lipinski definition) is 0. The van der Waals surface area contributed by atoms with Gasteiger partial charge in [0.05, 0.1) is 11.8 Å². The number of rotatable bonds is 3. The quantitative estimate of drug-likeness (QED) is 0.661. The van der Waals surface area contributed by atoms with Gasteiger partial charge in [-0.15, -0.1) is 0 Å². The lowest BCUT2D eigenvalue weighted by atomic mass is 9.89. The normalized spacial score (nSPS) is 26.8. The standard InChI is InChI=1S/C10H13NO2/c1-13-10-5-9(6-10)11-4-2-3-8(11)7-12/h2-4,7,9-10H,5-6H2,1H3. The topological polar surface area (TPSA) is 31.2 Å². The lowest BCUT2D eigenvalue weighted by Gasteiger charge is -2.35. The van der Waals surface area contributed by atoms with E-state index >= 15 is 0 Å². The van der Waals surface area contributed by atoms with Gasteiger partial charge in [0.1, 0.15) is 0 Å². The van der Waals surface area contributed by atoms with Crippen LogP contribution >= 0.6 is 0 Å². The van der Waals surface area contributed by atoms with Gasteiger partial charge in [-0.1, -0.05) is 0 Å². The average molecular weight is 179 g/mol. The van der Waals surface area contributed by atoms with Gasteiger partial charge in [0.25, 0.3) is 0 Å². The first-order valence-corrected chi connectivity index (χ1v) is 4.50. The minimum Gasteiger partial charge on any atom is -0.381 e. The van der Waals surface area contributed by atoms with E-state index in [0.717, 1.165) is 24.8 Å². The van der Waals surface area contributed by atoms with Crippen molar-refractivity contribution in [2.45, 2.75) is 25.0 Å². The maximum atomic E-state index is 10.6. The van der Waals surface area contributed by atoms with Crippen molar-refractivity contribution in [1.82, 2.24) is 4.57 Å². The number of hydrogen-bond acceptors (Lipinski definition) is 2. The van der Waals surface area contributed by atoms with Crippen LogP contribution in [0.1, 0.15) is 29.4 Å². The third-order valence-corrected chi connectivity index (χ3v) is 2.73. The van der Waals surface area contributed by atoms with Crippen LogP contribution in [0.25, 0.3) is 0 Å². The summed E-state index contributed by atoms with van der Waals surface area (Å²) in [4.78, 5) is 10.6. The van der Waals surface area contributed by atoms with Crippen LogP contribution in [-0.2, 0) is 4.74 Å². The molecule has 0 aromatic carbocycles. The Kier molecular flexibility index (Phi) is 2.19. The van der Waals surface area contributed by atoms with Crippen molar-refractivity contribution in [2.24, 2.45) is 0 Å². The second-order valence-electron chi connectivity index (χ2n) is 3.44. The van der Waals surface area contributed by atoms with E-state index in [9.17, 15) is 4.79 Å². The van der Waals surface area contributed by atoms with Crippen LogP contribution in [0.5, 0.6) is 0 Å². The van der Waals surface area contributed by atoms with Gasteiger partial charge in [0.15, 0.2) is 6.29 Å². The first-order valence-electron chi connectivity index (χ1n) is 4.50. The highest BCUT2D eigenvalue weighted by Gasteiger charge is 2.30. The molecule has 0 atom stereocenters. The molecule has 1 aliphatic carbocycles. The summed E-state index contributed by atoms with van der Waals surface area (Å²) in [5.74, 6) is 0. The fourth-order valence-electron chi connectivity index (χ4n) is 1.80. The fourth-order valence-corrected chi connectivity index (χ4v) is 1.80. The first kappa shape index (κ1) is 8.51. The zero-order valence-electron chi connectivity index (χ0n) is 7.64. The largest absolute Gasteiger partial charge is 0.381 e. The Morgan fingerprint density at radius 3 is 3.00 bits per heavy atom. The number of methoxy groups -OCH3 is 1. The number of aldehydes is 1. The monoisotopic (exact) mass is 179 g/mol. The minimum atomic E-state index is 0.381. The SMILES string of the molecule is COC1CC(n2cccc2C=O)C1. The second-order valence-corrected chi connectivity index (χ2v) is 3.44. The van der Waals surface area contributed by atoms with E-state index in [1.807, 2.05) is 22.9 Å². The summed E-state index contributed by atoms with van der Waals surface area (Å²) in [5, 5.41) is 0. The highest BCUT2D eigenvalue weighted by Crippen LogP contribution is 2.34. The summed E-state index contributed by atoms with van der Waals surface area (Å²) in [6, 6.07) is 4.21. The molecule has 2 rings (SSSR count). The highest BCUT2D eigenvalue weighted by atomic mass is 16.5. The summed E-state index contributed by atoms with van der Waals surface area (Å²) >= 11 is 0. The Morgan fingerprint density at radius 1 is 1.62 bits per heavy atom. The van der Waals surface area contributed by atoms with Gasteiger partial charge in [0, 0.05) is 19.3 Å². The maximum absolute atomic E-state index is 10.6. The van der Waals surface area contributed by atoms with E-state index in [0.29, 0.717) is 12.1 Å². The fraction of sp³-hybridized carbons (Fsp3) is 0.500. The van der Waals surface area contributed by atoms with Crippen LogP contribution in [0.15, 0.2) is 18.3 Å². The van der Waals surface area contributed by atoms with Crippen molar-refractivity contribution in [3.05, 3.63) is 24.0 Å². The van der Waals surface area contributed by atoms with Gasteiger partial charge in [-0.05, 0) is 25.0 Å². The Hall–Kier alpha value is -1.09. The van der Waals surface area contributed by atoms with Gasteiger partial charge in [-0.3, -0.25) is 4.79 Å². The molecule has 0 bridgehead atoms.